The van der Waals surface area contributed by atoms with Gasteiger partial charge in [0, 0.05) is 13.7 Å². The van der Waals surface area contributed by atoms with Gasteiger partial charge in [0.25, 0.3) is 0 Å². The lowest BCUT2D eigenvalue weighted by atomic mass is 10.0. The van der Waals surface area contributed by atoms with E-state index in [0.717, 1.165) is 12.5 Å². The molecule has 2 nitrogen and oxygen atoms in total. The Morgan fingerprint density at radius 3 is 2.43 bits per heavy atom. The van der Waals surface area contributed by atoms with Crippen LogP contribution in [0.4, 0.5) is 0 Å². The highest BCUT2D eigenvalue weighted by atomic mass is 16.5. The molecule has 0 aromatic rings. The van der Waals surface area contributed by atoms with Crippen molar-refractivity contribution in [1.82, 2.24) is 5.32 Å². The summed E-state index contributed by atoms with van der Waals surface area (Å²) in [6, 6.07) is 0. The minimum absolute atomic E-state index is 0.348. The summed E-state index contributed by atoms with van der Waals surface area (Å²) in [6.07, 6.45) is 8.97. The highest BCUT2D eigenvalue weighted by Gasteiger charge is 2.11. The van der Waals surface area contributed by atoms with Crippen molar-refractivity contribution < 1.29 is 4.74 Å². The van der Waals surface area contributed by atoms with E-state index in [1.807, 2.05) is 0 Å². The van der Waals surface area contributed by atoms with Crippen LogP contribution in [0.5, 0.6) is 0 Å². The number of hydrogen-bond donors (Lipinski definition) is 1. The van der Waals surface area contributed by atoms with Crippen molar-refractivity contribution in [3.8, 4) is 0 Å². The summed E-state index contributed by atoms with van der Waals surface area (Å²) < 4.78 is 5.20. The fraction of sp³-hybridized carbons (Fsp3) is 1.00. The zero-order valence-corrected chi connectivity index (χ0v) is 9.72. The summed E-state index contributed by atoms with van der Waals surface area (Å²) in [6.45, 7) is 4.29. The van der Waals surface area contributed by atoms with Gasteiger partial charge < -0.3 is 10.1 Å². The lowest BCUT2D eigenvalue weighted by molar-refractivity contribution is 0.116. The second kappa shape index (κ2) is 7.24. The predicted molar refractivity (Wildman–Crippen MR) is 60.5 cm³/mol. The Kier molecular flexibility index (Phi) is 6.20. The first-order chi connectivity index (χ1) is 6.83. The van der Waals surface area contributed by atoms with E-state index in [2.05, 4.69) is 12.2 Å². The standard InChI is InChI=1S/C12H25NO/c1-11(14-2)9-13-10-12-7-5-3-4-6-8-12/h11-13H,3-10H2,1-2H3. The average Bonchev–Trinajstić information content (AvgIpc) is 2.46. The summed E-state index contributed by atoms with van der Waals surface area (Å²) in [5, 5.41) is 3.51. The molecule has 0 saturated heterocycles. The molecule has 14 heavy (non-hydrogen) atoms. The third-order valence-electron chi connectivity index (χ3n) is 3.24. The zero-order chi connectivity index (χ0) is 10.2. The SMILES string of the molecule is COC(C)CNCC1CCCCCC1. The maximum Gasteiger partial charge on any atom is 0.0667 e. The molecule has 2 heteroatoms. The summed E-state index contributed by atoms with van der Waals surface area (Å²) in [7, 11) is 1.78. The van der Waals surface area contributed by atoms with Crippen molar-refractivity contribution in [1.29, 1.82) is 0 Å². The molecule has 84 valence electrons. The molecule has 0 aliphatic heterocycles. The van der Waals surface area contributed by atoms with Gasteiger partial charge in [-0.15, -0.1) is 0 Å². The normalized spacial score (nSPS) is 21.9. The first-order valence-electron chi connectivity index (χ1n) is 6.06. The van der Waals surface area contributed by atoms with Crippen LogP contribution in [0, 0.1) is 5.92 Å². The zero-order valence-electron chi connectivity index (χ0n) is 9.72. The highest BCUT2D eigenvalue weighted by Crippen LogP contribution is 2.21. The van der Waals surface area contributed by atoms with E-state index in [1.165, 1.54) is 45.1 Å². The van der Waals surface area contributed by atoms with Crippen LogP contribution in [-0.2, 0) is 4.74 Å². The van der Waals surface area contributed by atoms with Crippen molar-refractivity contribution in [3.63, 3.8) is 0 Å². The summed E-state index contributed by atoms with van der Waals surface area (Å²) in [5.41, 5.74) is 0. The van der Waals surface area contributed by atoms with Crippen LogP contribution in [0.2, 0.25) is 0 Å². The molecule has 1 N–H and O–H groups in total. The third kappa shape index (κ3) is 4.97. The van der Waals surface area contributed by atoms with E-state index in [0.29, 0.717) is 6.10 Å². The lowest BCUT2D eigenvalue weighted by Gasteiger charge is -2.16. The number of rotatable bonds is 5. The van der Waals surface area contributed by atoms with E-state index in [-0.39, 0.29) is 0 Å². The van der Waals surface area contributed by atoms with Crippen molar-refractivity contribution in [2.45, 2.75) is 51.6 Å². The van der Waals surface area contributed by atoms with E-state index < -0.39 is 0 Å². The average molecular weight is 199 g/mol. The Morgan fingerprint density at radius 1 is 1.21 bits per heavy atom. The molecule has 1 aliphatic rings. The first-order valence-corrected chi connectivity index (χ1v) is 6.06. The van der Waals surface area contributed by atoms with Gasteiger partial charge in [0.05, 0.1) is 6.10 Å². The molecular formula is C12H25NO. The van der Waals surface area contributed by atoms with Crippen LogP contribution in [0.3, 0.4) is 0 Å². The van der Waals surface area contributed by atoms with Crippen molar-refractivity contribution >= 4 is 0 Å². The van der Waals surface area contributed by atoms with Crippen LogP contribution >= 0.6 is 0 Å². The maximum atomic E-state index is 5.20. The number of methoxy groups -OCH3 is 1. The fourth-order valence-electron chi connectivity index (χ4n) is 2.14. The molecule has 0 aromatic heterocycles. The molecule has 1 atom stereocenters. The molecule has 1 aliphatic carbocycles. The molecule has 0 spiro atoms. The quantitative estimate of drug-likeness (QED) is 0.687. The van der Waals surface area contributed by atoms with Crippen molar-refractivity contribution in [3.05, 3.63) is 0 Å². The van der Waals surface area contributed by atoms with E-state index in [1.54, 1.807) is 7.11 Å². The van der Waals surface area contributed by atoms with Crippen LogP contribution in [0.1, 0.15) is 45.4 Å². The van der Waals surface area contributed by atoms with E-state index in [4.69, 9.17) is 4.74 Å². The first kappa shape index (κ1) is 12.0. The van der Waals surface area contributed by atoms with Gasteiger partial charge >= 0.3 is 0 Å². The molecule has 0 amide bonds. The minimum Gasteiger partial charge on any atom is -0.380 e. The van der Waals surface area contributed by atoms with Gasteiger partial charge in [-0.05, 0) is 32.2 Å². The Balaban J connectivity index is 2.04. The third-order valence-corrected chi connectivity index (χ3v) is 3.24. The summed E-state index contributed by atoms with van der Waals surface area (Å²) in [5.74, 6) is 0.918. The van der Waals surface area contributed by atoms with Gasteiger partial charge in [-0.1, -0.05) is 25.7 Å². The number of nitrogens with one attached hydrogen (secondary N) is 1. The fourth-order valence-corrected chi connectivity index (χ4v) is 2.14. The van der Waals surface area contributed by atoms with Gasteiger partial charge in [-0.2, -0.15) is 0 Å². The Hall–Kier alpha value is -0.0800. The van der Waals surface area contributed by atoms with Crippen LogP contribution in [-0.4, -0.2) is 26.3 Å². The van der Waals surface area contributed by atoms with Crippen LogP contribution in [0.25, 0.3) is 0 Å². The van der Waals surface area contributed by atoms with Crippen LogP contribution < -0.4 is 5.32 Å². The highest BCUT2D eigenvalue weighted by molar-refractivity contribution is 4.67. The minimum atomic E-state index is 0.348. The summed E-state index contributed by atoms with van der Waals surface area (Å²) in [4.78, 5) is 0. The molecule has 1 unspecified atom stereocenters. The number of hydrogen-bond acceptors (Lipinski definition) is 2. The smallest absolute Gasteiger partial charge is 0.0667 e. The molecule has 0 bridgehead atoms. The van der Waals surface area contributed by atoms with Crippen LogP contribution in [0.15, 0.2) is 0 Å². The predicted octanol–water partition coefficient (Wildman–Crippen LogP) is 2.58. The van der Waals surface area contributed by atoms with Gasteiger partial charge in [-0.25, -0.2) is 0 Å². The van der Waals surface area contributed by atoms with Crippen molar-refractivity contribution in [2.24, 2.45) is 5.92 Å². The molecule has 0 radical (unpaired) electrons. The second-order valence-electron chi connectivity index (χ2n) is 4.56. The van der Waals surface area contributed by atoms with Gasteiger partial charge in [0.2, 0.25) is 0 Å². The van der Waals surface area contributed by atoms with E-state index >= 15 is 0 Å². The van der Waals surface area contributed by atoms with E-state index in [9.17, 15) is 0 Å². The molecule has 1 saturated carbocycles. The Labute approximate surface area is 88.4 Å². The van der Waals surface area contributed by atoms with Gasteiger partial charge in [0.15, 0.2) is 0 Å². The summed E-state index contributed by atoms with van der Waals surface area (Å²) >= 11 is 0. The Morgan fingerprint density at radius 2 is 1.86 bits per heavy atom. The topological polar surface area (TPSA) is 21.3 Å². The molecule has 0 heterocycles. The monoisotopic (exact) mass is 199 g/mol. The lowest BCUT2D eigenvalue weighted by Crippen LogP contribution is -2.30. The number of ether oxygens (including phenoxy) is 1. The second-order valence-corrected chi connectivity index (χ2v) is 4.56. The molecule has 0 aromatic carbocycles. The van der Waals surface area contributed by atoms with Gasteiger partial charge in [-0.3, -0.25) is 0 Å². The van der Waals surface area contributed by atoms with Crippen molar-refractivity contribution in [2.75, 3.05) is 20.2 Å². The molecule has 1 fully saturated rings. The molecular weight excluding hydrogens is 174 g/mol. The maximum absolute atomic E-state index is 5.20. The van der Waals surface area contributed by atoms with Gasteiger partial charge in [0.1, 0.15) is 0 Å². The Bertz CT molecular complexity index is 130. The molecule has 1 rings (SSSR count). The largest absolute Gasteiger partial charge is 0.380 e.